The topological polar surface area (TPSA) is 90.2 Å². The maximum Gasteiger partial charge on any atom is 0.387 e. The molecule has 0 radical (unpaired) electrons. The monoisotopic (exact) mass is 439 g/mol. The van der Waals surface area contributed by atoms with Crippen molar-refractivity contribution in [2.75, 3.05) is 0 Å². The molecule has 0 saturated heterocycles. The van der Waals surface area contributed by atoms with Crippen LogP contribution in [0, 0.1) is 0 Å². The van der Waals surface area contributed by atoms with Crippen LogP contribution in [0.15, 0.2) is 36.4 Å². The first-order valence-electron chi connectivity index (χ1n) is 8.03. The first-order chi connectivity index (χ1) is 13.8. The Morgan fingerprint density at radius 1 is 1.00 bits per heavy atom. The third kappa shape index (κ3) is 3.52. The molecule has 1 aromatic heterocycles. The van der Waals surface area contributed by atoms with Crippen molar-refractivity contribution in [3.63, 3.8) is 0 Å². The standard InChI is InChI=1S/C17H9Cl2F2N5O3/c18-12-5-10-11(6-13(12)19)16(28)25(15(10)27)7-14-22-23-24-26(14)8-1-3-9(4-2-8)29-17(20)21/h1-6,17H,7H2. The minimum atomic E-state index is -2.94. The van der Waals surface area contributed by atoms with Crippen LogP contribution in [-0.2, 0) is 6.54 Å². The molecule has 0 saturated carbocycles. The van der Waals surface area contributed by atoms with Gasteiger partial charge in [-0.05, 0) is 46.8 Å². The molecule has 0 bridgehead atoms. The third-order valence-electron chi connectivity index (χ3n) is 4.15. The van der Waals surface area contributed by atoms with Crippen molar-refractivity contribution in [1.82, 2.24) is 25.1 Å². The number of rotatable bonds is 5. The predicted octanol–water partition coefficient (Wildman–Crippen LogP) is 3.37. The molecule has 0 fully saturated rings. The first kappa shape index (κ1) is 19.2. The van der Waals surface area contributed by atoms with E-state index in [9.17, 15) is 18.4 Å². The van der Waals surface area contributed by atoms with Gasteiger partial charge in [0.2, 0.25) is 0 Å². The molecule has 2 aromatic carbocycles. The molecule has 0 N–H and O–H groups in total. The fourth-order valence-corrected chi connectivity index (χ4v) is 3.17. The van der Waals surface area contributed by atoms with Gasteiger partial charge in [0.25, 0.3) is 11.8 Å². The van der Waals surface area contributed by atoms with Crippen molar-refractivity contribution in [1.29, 1.82) is 0 Å². The van der Waals surface area contributed by atoms with E-state index in [4.69, 9.17) is 23.2 Å². The molecule has 12 heteroatoms. The van der Waals surface area contributed by atoms with Crippen molar-refractivity contribution >= 4 is 35.0 Å². The van der Waals surface area contributed by atoms with Gasteiger partial charge in [-0.15, -0.1) is 5.10 Å². The second-order valence-corrected chi connectivity index (χ2v) is 6.70. The van der Waals surface area contributed by atoms with E-state index in [0.29, 0.717) is 5.69 Å². The summed E-state index contributed by atoms with van der Waals surface area (Å²) in [4.78, 5) is 26.2. The highest BCUT2D eigenvalue weighted by Crippen LogP contribution is 2.32. The van der Waals surface area contributed by atoms with Crippen LogP contribution < -0.4 is 4.74 Å². The SMILES string of the molecule is O=C1c2cc(Cl)c(Cl)cc2C(=O)N1Cc1nnnn1-c1ccc(OC(F)F)cc1. The van der Waals surface area contributed by atoms with E-state index in [1.54, 1.807) is 0 Å². The molecule has 0 atom stereocenters. The van der Waals surface area contributed by atoms with Gasteiger partial charge in [0.05, 0.1) is 33.4 Å². The van der Waals surface area contributed by atoms with Gasteiger partial charge in [-0.1, -0.05) is 23.2 Å². The summed E-state index contributed by atoms with van der Waals surface area (Å²) >= 11 is 11.9. The molecular weight excluding hydrogens is 431 g/mol. The number of halogens is 4. The molecule has 148 valence electrons. The van der Waals surface area contributed by atoms with Gasteiger partial charge in [-0.25, -0.2) is 0 Å². The van der Waals surface area contributed by atoms with Crippen molar-refractivity contribution in [2.24, 2.45) is 0 Å². The van der Waals surface area contributed by atoms with Crippen molar-refractivity contribution in [3.05, 3.63) is 63.4 Å². The summed E-state index contributed by atoms with van der Waals surface area (Å²) in [6.07, 6.45) is 0. The van der Waals surface area contributed by atoms with Gasteiger partial charge in [-0.3, -0.25) is 14.5 Å². The Morgan fingerprint density at radius 3 is 2.14 bits per heavy atom. The molecule has 29 heavy (non-hydrogen) atoms. The van der Waals surface area contributed by atoms with Crippen LogP contribution in [0.5, 0.6) is 5.75 Å². The Bertz CT molecular complexity index is 1080. The molecule has 8 nitrogen and oxygen atoms in total. The lowest BCUT2D eigenvalue weighted by atomic mass is 10.1. The highest BCUT2D eigenvalue weighted by Gasteiger charge is 2.37. The first-order valence-corrected chi connectivity index (χ1v) is 8.78. The number of carbonyl (C=O) groups excluding carboxylic acids is 2. The summed E-state index contributed by atoms with van der Waals surface area (Å²) in [7, 11) is 0. The smallest absolute Gasteiger partial charge is 0.387 e. The average Bonchev–Trinajstić information content (AvgIpc) is 3.22. The number of ether oxygens (including phenoxy) is 1. The number of tetrazole rings is 1. The zero-order chi connectivity index (χ0) is 20.7. The van der Waals surface area contributed by atoms with Gasteiger partial charge in [-0.2, -0.15) is 13.5 Å². The van der Waals surface area contributed by atoms with Crippen LogP contribution in [0.2, 0.25) is 10.0 Å². The number of aromatic nitrogens is 4. The van der Waals surface area contributed by atoms with Crippen molar-refractivity contribution < 1.29 is 23.1 Å². The summed E-state index contributed by atoms with van der Waals surface area (Å²) in [6, 6.07) is 8.23. The second kappa shape index (κ2) is 7.37. The number of fused-ring (bicyclic) bond motifs is 1. The van der Waals surface area contributed by atoms with Gasteiger partial charge >= 0.3 is 6.61 Å². The van der Waals surface area contributed by atoms with Crippen molar-refractivity contribution in [2.45, 2.75) is 13.2 Å². The number of carbonyl (C=O) groups is 2. The van der Waals surface area contributed by atoms with Gasteiger partial charge in [0.1, 0.15) is 5.75 Å². The van der Waals surface area contributed by atoms with Gasteiger partial charge in [0.15, 0.2) is 5.82 Å². The normalized spacial score (nSPS) is 13.3. The Balaban J connectivity index is 1.60. The van der Waals surface area contributed by atoms with Crippen LogP contribution in [0.3, 0.4) is 0 Å². The lowest BCUT2D eigenvalue weighted by molar-refractivity contribution is -0.0498. The van der Waals surface area contributed by atoms with Crippen LogP contribution in [0.1, 0.15) is 26.5 Å². The molecule has 1 aliphatic rings. The molecular formula is C17H9Cl2F2N5O3. The molecule has 0 unspecified atom stereocenters. The van der Waals surface area contributed by atoms with E-state index in [2.05, 4.69) is 20.3 Å². The van der Waals surface area contributed by atoms with Crippen molar-refractivity contribution in [3.8, 4) is 11.4 Å². The van der Waals surface area contributed by atoms with Crippen LogP contribution in [0.4, 0.5) is 8.78 Å². The molecule has 2 heterocycles. The fraction of sp³-hybridized carbons (Fsp3) is 0.118. The second-order valence-electron chi connectivity index (χ2n) is 5.89. The maximum atomic E-state index is 12.6. The highest BCUT2D eigenvalue weighted by atomic mass is 35.5. The zero-order valence-electron chi connectivity index (χ0n) is 14.2. The third-order valence-corrected chi connectivity index (χ3v) is 4.87. The van der Waals surface area contributed by atoms with Gasteiger partial charge in [0, 0.05) is 0 Å². The number of imide groups is 1. The molecule has 0 spiro atoms. The zero-order valence-corrected chi connectivity index (χ0v) is 15.7. The Hall–Kier alpha value is -3.11. The lowest BCUT2D eigenvalue weighted by Gasteiger charge is -2.13. The minimum Gasteiger partial charge on any atom is -0.435 e. The quantitative estimate of drug-likeness (QED) is 0.566. The Labute approximate surface area is 171 Å². The number of amides is 2. The summed E-state index contributed by atoms with van der Waals surface area (Å²) in [5.74, 6) is -0.968. The van der Waals surface area contributed by atoms with E-state index in [1.165, 1.54) is 41.1 Å². The molecule has 2 amide bonds. The molecule has 0 aliphatic carbocycles. The van der Waals surface area contributed by atoms with E-state index < -0.39 is 18.4 Å². The summed E-state index contributed by atoms with van der Waals surface area (Å²) < 4.78 is 30.1. The highest BCUT2D eigenvalue weighted by molar-refractivity contribution is 6.43. The van der Waals surface area contributed by atoms with E-state index in [1.807, 2.05) is 0 Å². The van der Waals surface area contributed by atoms with Gasteiger partial charge < -0.3 is 4.74 Å². The average molecular weight is 440 g/mol. The van der Waals surface area contributed by atoms with Crippen LogP contribution >= 0.6 is 23.2 Å². The van der Waals surface area contributed by atoms with E-state index in [0.717, 1.165) is 4.90 Å². The van der Waals surface area contributed by atoms with Crippen LogP contribution in [-0.4, -0.2) is 43.5 Å². The fourth-order valence-electron chi connectivity index (χ4n) is 2.84. The molecule has 4 rings (SSSR count). The number of nitrogens with zero attached hydrogens (tertiary/aromatic N) is 5. The Morgan fingerprint density at radius 2 is 1.59 bits per heavy atom. The maximum absolute atomic E-state index is 12.6. The van der Waals surface area contributed by atoms with E-state index >= 15 is 0 Å². The van der Waals surface area contributed by atoms with E-state index in [-0.39, 0.29) is 39.3 Å². The summed E-state index contributed by atoms with van der Waals surface area (Å²) in [5, 5.41) is 11.5. The lowest BCUT2D eigenvalue weighted by Crippen LogP contribution is -2.30. The molecule has 3 aromatic rings. The summed E-state index contributed by atoms with van der Waals surface area (Å²) in [5.41, 5.74) is 0.697. The molecule has 1 aliphatic heterocycles. The largest absolute Gasteiger partial charge is 0.435 e. The van der Waals surface area contributed by atoms with Crippen LogP contribution in [0.25, 0.3) is 5.69 Å². The summed E-state index contributed by atoms with van der Waals surface area (Å²) in [6.45, 7) is -3.16. The number of benzene rings is 2. The minimum absolute atomic E-state index is 0.0347. The predicted molar refractivity (Wildman–Crippen MR) is 96.5 cm³/mol. The number of hydrogen-bond donors (Lipinski definition) is 0. The Kier molecular flexibility index (Phi) is 4.89. The number of alkyl halides is 2. The number of hydrogen-bond acceptors (Lipinski definition) is 6.